The minimum Gasteiger partial charge on any atom is -0.272 e. The smallest absolute Gasteiger partial charge is 0.272 e. The highest BCUT2D eigenvalue weighted by Crippen LogP contribution is 2.23. The number of benzene rings is 2. The van der Waals surface area contributed by atoms with Crippen LogP contribution in [0.15, 0.2) is 59.4 Å². The van der Waals surface area contributed by atoms with Crippen molar-refractivity contribution in [2.45, 2.75) is 24.9 Å². The summed E-state index contributed by atoms with van der Waals surface area (Å²) in [5.41, 5.74) is 5.69. The van der Waals surface area contributed by atoms with E-state index in [0.717, 1.165) is 5.56 Å². The molecule has 0 aliphatic rings. The van der Waals surface area contributed by atoms with Gasteiger partial charge in [0, 0.05) is 11.1 Å². The molecule has 1 aromatic heterocycles. The van der Waals surface area contributed by atoms with Crippen molar-refractivity contribution in [1.82, 2.24) is 21.0 Å². The second-order valence-corrected chi connectivity index (χ2v) is 7.98. The molecule has 0 spiro atoms. The number of carbonyl (C=O) groups is 2. The van der Waals surface area contributed by atoms with Gasteiger partial charge in [0.2, 0.25) is 0 Å². The van der Waals surface area contributed by atoms with Crippen molar-refractivity contribution in [2.75, 3.05) is 0 Å². The molecule has 0 aliphatic carbocycles. The van der Waals surface area contributed by atoms with Crippen LogP contribution in [-0.4, -0.2) is 27.3 Å². The van der Waals surface area contributed by atoms with Gasteiger partial charge in [0.25, 0.3) is 17.4 Å². The number of thioether (sulfide) groups is 1. The molecule has 1 atom stereocenters. The van der Waals surface area contributed by atoms with Gasteiger partial charge in [-0.2, -0.15) is 5.10 Å². The van der Waals surface area contributed by atoms with E-state index in [0.29, 0.717) is 16.5 Å². The summed E-state index contributed by atoms with van der Waals surface area (Å²) >= 11 is 1.52. The number of hydrazine groups is 1. The standard InChI is InChI=1S/C21H22N4O3S/c1-13(2)18(29-12-14-8-4-3-5-9-14)21(28)25-24-20(27)17-15-10-6-7-11-16(15)19(26)23-22-17/h3-11,13,18H,12H2,1-2H3,(H,23,26)(H,24,27)(H,25,28). The Kier molecular flexibility index (Phi) is 6.66. The fraction of sp³-hybridized carbons (Fsp3) is 0.238. The lowest BCUT2D eigenvalue weighted by molar-refractivity contribution is -0.122. The Bertz CT molecular complexity index is 1070. The minimum absolute atomic E-state index is 0.0403. The first kappa shape index (κ1) is 20.6. The Morgan fingerprint density at radius 2 is 1.66 bits per heavy atom. The summed E-state index contributed by atoms with van der Waals surface area (Å²) in [6, 6.07) is 16.6. The largest absolute Gasteiger partial charge is 0.290 e. The van der Waals surface area contributed by atoms with Gasteiger partial charge in [-0.3, -0.25) is 25.2 Å². The van der Waals surface area contributed by atoms with Crippen molar-refractivity contribution < 1.29 is 9.59 Å². The van der Waals surface area contributed by atoms with Gasteiger partial charge in [-0.25, -0.2) is 5.10 Å². The van der Waals surface area contributed by atoms with Gasteiger partial charge in [0.05, 0.1) is 10.6 Å². The van der Waals surface area contributed by atoms with Crippen LogP contribution < -0.4 is 16.4 Å². The number of carbonyl (C=O) groups excluding carboxylic acids is 2. The highest BCUT2D eigenvalue weighted by molar-refractivity contribution is 7.99. The Labute approximate surface area is 172 Å². The number of nitrogens with zero attached hydrogens (tertiary/aromatic N) is 1. The SMILES string of the molecule is CC(C)C(SCc1ccccc1)C(=O)NNC(=O)c1n[nH]c(=O)c2ccccc12. The zero-order valence-electron chi connectivity index (χ0n) is 16.1. The van der Waals surface area contributed by atoms with E-state index >= 15 is 0 Å². The molecule has 7 nitrogen and oxygen atoms in total. The molecule has 29 heavy (non-hydrogen) atoms. The Balaban J connectivity index is 1.66. The quantitative estimate of drug-likeness (QED) is 0.542. The third kappa shape index (κ3) is 5.03. The molecule has 1 unspecified atom stereocenters. The molecule has 0 saturated heterocycles. The second-order valence-electron chi connectivity index (χ2n) is 6.85. The molecule has 2 aromatic carbocycles. The zero-order valence-corrected chi connectivity index (χ0v) is 17.0. The van der Waals surface area contributed by atoms with Gasteiger partial charge in [0.15, 0.2) is 5.69 Å². The summed E-state index contributed by atoms with van der Waals surface area (Å²) in [5, 5.41) is 6.58. The molecule has 0 fully saturated rings. The van der Waals surface area contributed by atoms with Crippen molar-refractivity contribution in [3.8, 4) is 0 Å². The Hall–Kier alpha value is -3.13. The number of amides is 2. The minimum atomic E-state index is -0.596. The van der Waals surface area contributed by atoms with Crippen molar-refractivity contribution >= 4 is 34.3 Å². The summed E-state index contributed by atoms with van der Waals surface area (Å²) in [6.45, 7) is 3.92. The van der Waals surface area contributed by atoms with Gasteiger partial charge < -0.3 is 0 Å². The van der Waals surface area contributed by atoms with Crippen LogP contribution in [0.25, 0.3) is 10.8 Å². The topological polar surface area (TPSA) is 104 Å². The average Bonchev–Trinajstić information content (AvgIpc) is 2.73. The van der Waals surface area contributed by atoms with Gasteiger partial charge in [-0.1, -0.05) is 62.4 Å². The molecule has 3 aromatic rings. The maximum atomic E-state index is 12.6. The molecule has 0 aliphatic heterocycles. The number of nitrogens with one attached hydrogen (secondary N) is 3. The predicted molar refractivity (Wildman–Crippen MR) is 114 cm³/mol. The molecule has 3 N–H and O–H groups in total. The van der Waals surface area contributed by atoms with Crippen LogP contribution in [0.5, 0.6) is 0 Å². The van der Waals surface area contributed by atoms with Crippen LogP contribution in [0.3, 0.4) is 0 Å². The summed E-state index contributed by atoms with van der Waals surface area (Å²) in [7, 11) is 0. The molecular formula is C21H22N4O3S. The van der Waals surface area contributed by atoms with Crippen LogP contribution in [0.4, 0.5) is 0 Å². The molecule has 1 heterocycles. The number of aromatic amines is 1. The van der Waals surface area contributed by atoms with E-state index in [1.54, 1.807) is 24.3 Å². The molecule has 0 saturated carbocycles. The first-order valence-corrected chi connectivity index (χ1v) is 10.3. The van der Waals surface area contributed by atoms with E-state index in [-0.39, 0.29) is 28.3 Å². The first-order valence-electron chi connectivity index (χ1n) is 9.20. The molecule has 0 radical (unpaired) electrons. The lowest BCUT2D eigenvalue weighted by Crippen LogP contribution is -2.47. The zero-order chi connectivity index (χ0) is 20.8. The van der Waals surface area contributed by atoms with Gasteiger partial charge in [-0.05, 0) is 17.5 Å². The van der Waals surface area contributed by atoms with E-state index < -0.39 is 5.91 Å². The second kappa shape index (κ2) is 9.38. The molecule has 150 valence electrons. The van der Waals surface area contributed by atoms with Crippen LogP contribution in [0, 0.1) is 5.92 Å². The number of hydrogen-bond donors (Lipinski definition) is 3. The molecule has 3 rings (SSSR count). The lowest BCUT2D eigenvalue weighted by Gasteiger charge is -2.20. The summed E-state index contributed by atoms with van der Waals surface area (Å²) in [4.78, 5) is 37.0. The lowest BCUT2D eigenvalue weighted by atomic mass is 10.1. The van der Waals surface area contributed by atoms with Crippen LogP contribution in [0.2, 0.25) is 0 Å². The van der Waals surface area contributed by atoms with Crippen LogP contribution in [-0.2, 0) is 10.5 Å². The van der Waals surface area contributed by atoms with Gasteiger partial charge in [-0.15, -0.1) is 11.8 Å². The molecule has 8 heteroatoms. The van der Waals surface area contributed by atoms with E-state index in [9.17, 15) is 14.4 Å². The summed E-state index contributed by atoms with van der Waals surface area (Å²) in [6.07, 6.45) is 0. The van der Waals surface area contributed by atoms with E-state index in [2.05, 4.69) is 21.0 Å². The monoisotopic (exact) mass is 410 g/mol. The predicted octanol–water partition coefficient (Wildman–Crippen LogP) is 2.64. The Morgan fingerprint density at radius 1 is 1.00 bits per heavy atom. The average molecular weight is 410 g/mol. The number of H-pyrrole nitrogens is 1. The summed E-state index contributed by atoms with van der Waals surface area (Å²) < 4.78 is 0. The van der Waals surface area contributed by atoms with Crippen molar-refractivity contribution in [3.05, 3.63) is 76.2 Å². The summed E-state index contributed by atoms with van der Waals surface area (Å²) in [5.74, 6) is -0.117. The highest BCUT2D eigenvalue weighted by Gasteiger charge is 2.24. The fourth-order valence-electron chi connectivity index (χ4n) is 2.87. The molecular weight excluding hydrogens is 388 g/mol. The van der Waals surface area contributed by atoms with Crippen molar-refractivity contribution in [1.29, 1.82) is 0 Å². The maximum Gasteiger partial charge on any atom is 0.290 e. The number of hydrogen-bond acceptors (Lipinski definition) is 5. The number of aromatic nitrogens is 2. The Morgan fingerprint density at radius 3 is 2.34 bits per heavy atom. The van der Waals surface area contributed by atoms with Crippen LogP contribution in [0.1, 0.15) is 29.9 Å². The highest BCUT2D eigenvalue weighted by atomic mass is 32.2. The van der Waals surface area contributed by atoms with Gasteiger partial charge in [0.1, 0.15) is 0 Å². The van der Waals surface area contributed by atoms with Crippen LogP contribution >= 0.6 is 11.8 Å². The number of rotatable bonds is 6. The van der Waals surface area contributed by atoms with E-state index in [1.165, 1.54) is 11.8 Å². The van der Waals surface area contributed by atoms with E-state index in [1.807, 2.05) is 44.2 Å². The third-order valence-electron chi connectivity index (χ3n) is 4.35. The first-order chi connectivity index (χ1) is 14.0. The normalized spacial score (nSPS) is 12.0. The van der Waals surface area contributed by atoms with E-state index in [4.69, 9.17) is 0 Å². The maximum absolute atomic E-state index is 12.6. The number of fused-ring (bicyclic) bond motifs is 1. The van der Waals surface area contributed by atoms with Gasteiger partial charge >= 0.3 is 0 Å². The third-order valence-corrected chi connectivity index (χ3v) is 5.96. The van der Waals surface area contributed by atoms with Crippen molar-refractivity contribution in [2.24, 2.45) is 5.92 Å². The van der Waals surface area contributed by atoms with Crippen molar-refractivity contribution in [3.63, 3.8) is 0 Å². The molecule has 2 amide bonds. The molecule has 0 bridgehead atoms. The fourth-order valence-corrected chi connectivity index (χ4v) is 4.03.